The summed E-state index contributed by atoms with van der Waals surface area (Å²) in [6.07, 6.45) is 5.55. The number of nitrogens with zero attached hydrogens (tertiary/aromatic N) is 2. The number of rotatable bonds is 7. The van der Waals surface area contributed by atoms with Crippen molar-refractivity contribution in [1.29, 1.82) is 0 Å². The second-order valence-corrected chi connectivity index (χ2v) is 5.61. The number of aryl methyl sites for hydroxylation is 1. The number of thiophene rings is 1. The van der Waals surface area contributed by atoms with Crippen molar-refractivity contribution in [2.75, 3.05) is 6.61 Å². The van der Waals surface area contributed by atoms with Crippen LogP contribution in [0.15, 0.2) is 29.9 Å². The second-order valence-electron chi connectivity index (χ2n) is 4.63. The zero-order valence-corrected chi connectivity index (χ0v) is 12.2. The predicted octanol–water partition coefficient (Wildman–Crippen LogP) is 2.32. The Labute approximate surface area is 118 Å². The van der Waals surface area contributed by atoms with E-state index in [1.165, 1.54) is 4.88 Å². The number of hydrogen-bond acceptors (Lipinski definition) is 4. The van der Waals surface area contributed by atoms with Crippen molar-refractivity contribution in [3.05, 3.63) is 40.6 Å². The Morgan fingerprint density at radius 3 is 2.89 bits per heavy atom. The Morgan fingerprint density at radius 2 is 2.37 bits per heavy atom. The van der Waals surface area contributed by atoms with Gasteiger partial charge in [-0.25, -0.2) is 4.98 Å². The van der Waals surface area contributed by atoms with E-state index >= 15 is 0 Å². The molecule has 0 aliphatic carbocycles. The van der Waals surface area contributed by atoms with Crippen molar-refractivity contribution >= 4 is 11.3 Å². The second kappa shape index (κ2) is 6.84. The summed E-state index contributed by atoms with van der Waals surface area (Å²) in [7, 11) is 2.01. The molecule has 104 valence electrons. The number of hydrogen-bond donors (Lipinski definition) is 2. The molecule has 2 aromatic rings. The number of aromatic nitrogens is 2. The minimum absolute atomic E-state index is 0.0940. The van der Waals surface area contributed by atoms with Crippen molar-refractivity contribution in [2.24, 2.45) is 7.05 Å². The number of nitrogens with one attached hydrogen (secondary N) is 1. The van der Waals surface area contributed by atoms with Crippen LogP contribution in [0.3, 0.4) is 0 Å². The van der Waals surface area contributed by atoms with E-state index in [1.54, 1.807) is 11.3 Å². The first-order chi connectivity index (χ1) is 9.26. The van der Waals surface area contributed by atoms with Crippen molar-refractivity contribution in [3.63, 3.8) is 0 Å². The zero-order valence-electron chi connectivity index (χ0n) is 11.4. The smallest absolute Gasteiger partial charge is 0.131 e. The molecule has 2 heterocycles. The van der Waals surface area contributed by atoms with E-state index in [-0.39, 0.29) is 12.6 Å². The molecule has 0 amide bonds. The summed E-state index contributed by atoms with van der Waals surface area (Å²) in [5.41, 5.74) is 0. The lowest BCUT2D eigenvalue weighted by molar-refractivity contribution is 0.257. The fourth-order valence-corrected chi connectivity index (χ4v) is 2.97. The van der Waals surface area contributed by atoms with E-state index in [4.69, 9.17) is 5.11 Å². The van der Waals surface area contributed by atoms with Gasteiger partial charge in [0.1, 0.15) is 11.9 Å². The van der Waals surface area contributed by atoms with Gasteiger partial charge in [-0.3, -0.25) is 0 Å². The summed E-state index contributed by atoms with van der Waals surface area (Å²) in [5, 5.41) is 14.8. The molecule has 2 atom stereocenters. The van der Waals surface area contributed by atoms with Crippen LogP contribution < -0.4 is 5.32 Å². The summed E-state index contributed by atoms with van der Waals surface area (Å²) in [6, 6.07) is 4.58. The van der Waals surface area contributed by atoms with Gasteiger partial charge in [0.05, 0.1) is 0 Å². The largest absolute Gasteiger partial charge is 0.396 e. The van der Waals surface area contributed by atoms with Crippen LogP contribution in [0.25, 0.3) is 0 Å². The predicted molar refractivity (Wildman–Crippen MR) is 78.3 cm³/mol. The van der Waals surface area contributed by atoms with E-state index in [1.807, 2.05) is 24.0 Å². The SMILES string of the molecule is CCC(CCO)NC(c1cccs1)c1nccn1C. The van der Waals surface area contributed by atoms with Crippen LogP contribution in [0.2, 0.25) is 0 Å². The van der Waals surface area contributed by atoms with Crippen LogP contribution in [-0.2, 0) is 7.05 Å². The molecule has 2 rings (SSSR count). The minimum atomic E-state index is 0.0940. The summed E-state index contributed by atoms with van der Waals surface area (Å²) in [5.74, 6) is 1.01. The molecule has 2 N–H and O–H groups in total. The van der Waals surface area contributed by atoms with Gasteiger partial charge in [-0.1, -0.05) is 13.0 Å². The Morgan fingerprint density at radius 1 is 1.53 bits per heavy atom. The highest BCUT2D eigenvalue weighted by molar-refractivity contribution is 7.10. The lowest BCUT2D eigenvalue weighted by Crippen LogP contribution is -2.34. The van der Waals surface area contributed by atoms with Crippen LogP contribution in [0.4, 0.5) is 0 Å². The Balaban J connectivity index is 2.23. The Hall–Kier alpha value is -1.17. The molecule has 0 radical (unpaired) electrons. The van der Waals surface area contributed by atoms with Gasteiger partial charge in [-0.2, -0.15) is 0 Å². The molecule has 5 heteroatoms. The fourth-order valence-electron chi connectivity index (χ4n) is 2.19. The van der Waals surface area contributed by atoms with E-state index in [0.717, 1.165) is 18.7 Å². The number of aliphatic hydroxyl groups excluding tert-OH is 1. The first-order valence-corrected chi connectivity index (χ1v) is 7.51. The van der Waals surface area contributed by atoms with Crippen LogP contribution in [-0.4, -0.2) is 27.3 Å². The summed E-state index contributed by atoms with van der Waals surface area (Å²) < 4.78 is 2.04. The van der Waals surface area contributed by atoms with Crippen molar-refractivity contribution in [2.45, 2.75) is 31.8 Å². The molecule has 2 aromatic heterocycles. The maximum atomic E-state index is 9.14. The van der Waals surface area contributed by atoms with Gasteiger partial charge in [-0.15, -0.1) is 11.3 Å². The van der Waals surface area contributed by atoms with Crippen molar-refractivity contribution in [1.82, 2.24) is 14.9 Å². The van der Waals surface area contributed by atoms with Gasteiger partial charge in [0.15, 0.2) is 0 Å². The highest BCUT2D eigenvalue weighted by atomic mass is 32.1. The van der Waals surface area contributed by atoms with Crippen molar-refractivity contribution in [3.8, 4) is 0 Å². The van der Waals surface area contributed by atoms with Gasteiger partial charge >= 0.3 is 0 Å². The molecule has 0 spiro atoms. The van der Waals surface area contributed by atoms with Gasteiger partial charge in [0.2, 0.25) is 0 Å². The van der Waals surface area contributed by atoms with Gasteiger partial charge < -0.3 is 15.0 Å². The van der Waals surface area contributed by atoms with Crippen LogP contribution in [0.1, 0.15) is 36.5 Å². The van der Waals surface area contributed by atoms with Crippen molar-refractivity contribution < 1.29 is 5.11 Å². The standard InChI is InChI=1S/C14H21N3OS/c1-3-11(6-9-18)16-13(12-5-4-10-19-12)14-15-7-8-17(14)2/h4-5,7-8,10-11,13,16,18H,3,6,9H2,1-2H3. The molecule has 0 bridgehead atoms. The van der Waals surface area contributed by atoms with Crippen LogP contribution >= 0.6 is 11.3 Å². The van der Waals surface area contributed by atoms with E-state index in [0.29, 0.717) is 6.04 Å². The average molecular weight is 279 g/mol. The van der Waals surface area contributed by atoms with Gasteiger partial charge in [0, 0.05) is 37.0 Å². The van der Waals surface area contributed by atoms with Crippen LogP contribution in [0.5, 0.6) is 0 Å². The first-order valence-electron chi connectivity index (χ1n) is 6.63. The molecule has 19 heavy (non-hydrogen) atoms. The minimum Gasteiger partial charge on any atom is -0.396 e. The Kier molecular flexibility index (Phi) is 5.13. The molecule has 0 aliphatic rings. The molecule has 0 aliphatic heterocycles. The monoisotopic (exact) mass is 279 g/mol. The molecular weight excluding hydrogens is 258 g/mol. The first kappa shape index (κ1) is 14.2. The molecule has 4 nitrogen and oxygen atoms in total. The third-order valence-corrected chi connectivity index (χ3v) is 4.25. The van der Waals surface area contributed by atoms with Gasteiger partial charge in [-0.05, 0) is 24.3 Å². The summed E-state index contributed by atoms with van der Waals surface area (Å²) >= 11 is 1.73. The molecule has 0 saturated heterocycles. The third kappa shape index (κ3) is 3.43. The molecule has 0 aromatic carbocycles. The van der Waals surface area contributed by atoms with E-state index in [9.17, 15) is 0 Å². The molecule has 0 saturated carbocycles. The maximum Gasteiger partial charge on any atom is 0.131 e. The average Bonchev–Trinajstić information content (AvgIpc) is 3.06. The molecular formula is C14H21N3OS. The summed E-state index contributed by atoms with van der Waals surface area (Å²) in [4.78, 5) is 5.72. The number of imidazole rings is 1. The fraction of sp³-hybridized carbons (Fsp3) is 0.500. The Bertz CT molecular complexity index is 481. The molecule has 2 unspecified atom stereocenters. The van der Waals surface area contributed by atoms with E-state index in [2.05, 4.69) is 34.7 Å². The lowest BCUT2D eigenvalue weighted by Gasteiger charge is -2.23. The molecule has 0 fully saturated rings. The topological polar surface area (TPSA) is 50.1 Å². The lowest BCUT2D eigenvalue weighted by atomic mass is 10.1. The summed E-state index contributed by atoms with van der Waals surface area (Å²) in [6.45, 7) is 2.35. The third-order valence-electron chi connectivity index (χ3n) is 3.32. The zero-order chi connectivity index (χ0) is 13.7. The quantitative estimate of drug-likeness (QED) is 0.818. The highest BCUT2D eigenvalue weighted by Crippen LogP contribution is 2.25. The van der Waals surface area contributed by atoms with Crippen LogP contribution in [0, 0.1) is 0 Å². The highest BCUT2D eigenvalue weighted by Gasteiger charge is 2.21. The number of aliphatic hydroxyl groups is 1. The van der Waals surface area contributed by atoms with E-state index < -0.39 is 0 Å². The maximum absolute atomic E-state index is 9.14. The van der Waals surface area contributed by atoms with Gasteiger partial charge in [0.25, 0.3) is 0 Å². The normalized spacial score (nSPS) is 14.5.